The maximum Gasteiger partial charge on any atom is 0.127 e. The lowest BCUT2D eigenvalue weighted by molar-refractivity contribution is 0.486. The highest BCUT2D eigenvalue weighted by atomic mass is 16.3. The minimum absolute atomic E-state index is 0.177. The smallest absolute Gasteiger partial charge is 0.127 e. The summed E-state index contributed by atoms with van der Waals surface area (Å²) in [7, 11) is 0. The summed E-state index contributed by atoms with van der Waals surface area (Å²) in [5.41, 5.74) is 12.3. The quantitative estimate of drug-likeness (QED) is 0.855. The summed E-state index contributed by atoms with van der Waals surface area (Å²) in [6, 6.07) is 6.12. The number of nitrogens with two attached hydrogens (primary N) is 1. The lowest BCUT2D eigenvalue weighted by Gasteiger charge is -2.15. The van der Waals surface area contributed by atoms with Gasteiger partial charge in [-0.15, -0.1) is 0 Å². The molecule has 1 atom stereocenters. The summed E-state index contributed by atoms with van der Waals surface area (Å²) < 4.78 is 5.48. The van der Waals surface area contributed by atoms with Crippen molar-refractivity contribution in [2.75, 3.05) is 0 Å². The van der Waals surface area contributed by atoms with E-state index in [0.29, 0.717) is 0 Å². The van der Waals surface area contributed by atoms with Gasteiger partial charge in [-0.05, 0) is 61.6 Å². The third-order valence-corrected chi connectivity index (χ3v) is 3.40. The molecule has 2 N–H and O–H groups in total. The lowest BCUT2D eigenvalue weighted by Crippen LogP contribution is -2.14. The lowest BCUT2D eigenvalue weighted by atomic mass is 9.94. The van der Waals surface area contributed by atoms with E-state index in [4.69, 9.17) is 10.2 Å². The number of rotatable bonds is 2. The fourth-order valence-corrected chi connectivity index (χ4v) is 2.16. The maximum atomic E-state index is 6.29. The van der Waals surface area contributed by atoms with E-state index in [1.54, 1.807) is 6.26 Å². The van der Waals surface area contributed by atoms with Crippen LogP contribution >= 0.6 is 0 Å². The van der Waals surface area contributed by atoms with E-state index in [2.05, 4.69) is 32.9 Å². The van der Waals surface area contributed by atoms with Crippen LogP contribution in [0.25, 0.3) is 0 Å². The van der Waals surface area contributed by atoms with Crippen LogP contribution in [-0.4, -0.2) is 0 Å². The van der Waals surface area contributed by atoms with Gasteiger partial charge in [0.1, 0.15) is 5.76 Å². The Kier molecular flexibility index (Phi) is 3.07. The molecule has 2 heteroatoms. The largest absolute Gasteiger partial charge is 0.467 e. The van der Waals surface area contributed by atoms with Crippen LogP contribution in [0.5, 0.6) is 0 Å². The van der Waals surface area contributed by atoms with E-state index in [1.165, 1.54) is 16.7 Å². The highest BCUT2D eigenvalue weighted by Crippen LogP contribution is 2.27. The van der Waals surface area contributed by atoms with Crippen molar-refractivity contribution in [2.24, 2.45) is 5.73 Å². The van der Waals surface area contributed by atoms with Crippen LogP contribution in [-0.2, 0) is 0 Å². The van der Waals surface area contributed by atoms with E-state index in [1.807, 2.05) is 13.0 Å². The van der Waals surface area contributed by atoms with Gasteiger partial charge in [0, 0.05) is 0 Å². The molecule has 0 amide bonds. The number of furan rings is 1. The zero-order chi connectivity index (χ0) is 12.6. The predicted octanol–water partition coefficient (Wildman–Crippen LogP) is 3.56. The predicted molar refractivity (Wildman–Crippen MR) is 70.1 cm³/mol. The van der Waals surface area contributed by atoms with E-state index in [9.17, 15) is 0 Å². The third kappa shape index (κ3) is 2.13. The van der Waals surface area contributed by atoms with Gasteiger partial charge in [0.15, 0.2) is 0 Å². The second kappa shape index (κ2) is 4.38. The molecule has 2 aromatic rings. The normalized spacial score (nSPS) is 12.8. The summed E-state index contributed by atoms with van der Waals surface area (Å²) in [6.07, 6.45) is 1.70. The monoisotopic (exact) mass is 229 g/mol. The molecule has 0 spiro atoms. The Morgan fingerprint density at radius 1 is 0.941 bits per heavy atom. The molecule has 1 heterocycles. The van der Waals surface area contributed by atoms with Crippen LogP contribution in [0, 0.1) is 27.7 Å². The Morgan fingerprint density at radius 3 is 2.18 bits per heavy atom. The van der Waals surface area contributed by atoms with Crippen molar-refractivity contribution in [3.8, 4) is 0 Å². The van der Waals surface area contributed by atoms with Crippen molar-refractivity contribution in [1.29, 1.82) is 0 Å². The van der Waals surface area contributed by atoms with Gasteiger partial charge in [-0.25, -0.2) is 0 Å². The molecule has 0 saturated heterocycles. The molecule has 0 saturated carbocycles. The van der Waals surface area contributed by atoms with Crippen LogP contribution < -0.4 is 5.73 Å². The van der Waals surface area contributed by atoms with Crippen LogP contribution in [0.2, 0.25) is 0 Å². The van der Waals surface area contributed by atoms with Gasteiger partial charge in [0.05, 0.1) is 12.3 Å². The Labute approximate surface area is 102 Å². The van der Waals surface area contributed by atoms with E-state index in [-0.39, 0.29) is 6.04 Å². The summed E-state index contributed by atoms with van der Waals surface area (Å²) in [5.74, 6) is 0.858. The maximum absolute atomic E-state index is 6.29. The molecule has 1 aromatic carbocycles. The second-order valence-corrected chi connectivity index (χ2v) is 4.74. The zero-order valence-corrected chi connectivity index (χ0v) is 10.9. The zero-order valence-electron chi connectivity index (χ0n) is 10.9. The molecule has 0 aliphatic heterocycles. The van der Waals surface area contributed by atoms with Crippen LogP contribution in [0.1, 0.15) is 39.6 Å². The first-order valence-corrected chi connectivity index (χ1v) is 5.88. The van der Waals surface area contributed by atoms with Gasteiger partial charge in [-0.2, -0.15) is 0 Å². The summed E-state index contributed by atoms with van der Waals surface area (Å²) >= 11 is 0. The van der Waals surface area contributed by atoms with Gasteiger partial charge in [-0.3, -0.25) is 0 Å². The average Bonchev–Trinajstić information content (AvgIpc) is 2.69. The molecule has 90 valence electrons. The number of aryl methyl sites for hydroxylation is 4. The fourth-order valence-electron chi connectivity index (χ4n) is 2.16. The molecule has 0 aliphatic carbocycles. The topological polar surface area (TPSA) is 39.2 Å². The van der Waals surface area contributed by atoms with Crippen molar-refractivity contribution in [1.82, 2.24) is 0 Å². The minimum atomic E-state index is -0.177. The molecule has 1 unspecified atom stereocenters. The van der Waals surface area contributed by atoms with Gasteiger partial charge in [0.2, 0.25) is 0 Å². The summed E-state index contributed by atoms with van der Waals surface area (Å²) in [4.78, 5) is 0. The van der Waals surface area contributed by atoms with Gasteiger partial charge < -0.3 is 10.2 Å². The Morgan fingerprint density at radius 2 is 1.59 bits per heavy atom. The van der Waals surface area contributed by atoms with Crippen molar-refractivity contribution >= 4 is 0 Å². The highest BCUT2D eigenvalue weighted by Gasteiger charge is 2.17. The molecule has 2 rings (SSSR count). The van der Waals surface area contributed by atoms with Crippen LogP contribution in [0.4, 0.5) is 0 Å². The minimum Gasteiger partial charge on any atom is -0.467 e. The van der Waals surface area contributed by atoms with Crippen LogP contribution in [0.15, 0.2) is 28.9 Å². The SMILES string of the molecule is Cc1cc(C)c(C(N)c2occc2C)cc1C. The number of hydrogen-bond donors (Lipinski definition) is 1. The number of hydrogen-bond acceptors (Lipinski definition) is 2. The van der Waals surface area contributed by atoms with Crippen molar-refractivity contribution < 1.29 is 4.42 Å². The molecule has 0 fully saturated rings. The van der Waals surface area contributed by atoms with Crippen molar-refractivity contribution in [3.63, 3.8) is 0 Å². The van der Waals surface area contributed by atoms with Gasteiger partial charge in [-0.1, -0.05) is 12.1 Å². The van der Waals surface area contributed by atoms with E-state index in [0.717, 1.165) is 16.9 Å². The van der Waals surface area contributed by atoms with Crippen LogP contribution in [0.3, 0.4) is 0 Å². The molecule has 0 bridgehead atoms. The molecule has 1 aromatic heterocycles. The molecule has 0 radical (unpaired) electrons. The fraction of sp³-hybridized carbons (Fsp3) is 0.333. The van der Waals surface area contributed by atoms with E-state index >= 15 is 0 Å². The molecule has 0 aliphatic rings. The Bertz CT molecular complexity index is 540. The van der Waals surface area contributed by atoms with Crippen molar-refractivity contribution in [2.45, 2.75) is 33.7 Å². The Balaban J connectivity index is 2.48. The molecule has 17 heavy (non-hydrogen) atoms. The molecular formula is C15H19NO. The molecule has 2 nitrogen and oxygen atoms in total. The third-order valence-electron chi connectivity index (χ3n) is 3.40. The highest BCUT2D eigenvalue weighted by molar-refractivity contribution is 5.41. The van der Waals surface area contributed by atoms with E-state index < -0.39 is 0 Å². The average molecular weight is 229 g/mol. The standard InChI is InChI=1S/C15H19NO/c1-9-5-6-17-15(9)14(16)13-8-11(3)10(2)7-12(13)4/h5-8,14H,16H2,1-4H3. The summed E-state index contributed by atoms with van der Waals surface area (Å²) in [6.45, 7) is 8.35. The first kappa shape index (κ1) is 11.9. The van der Waals surface area contributed by atoms with Crippen molar-refractivity contribution in [3.05, 3.63) is 58.0 Å². The first-order valence-electron chi connectivity index (χ1n) is 5.88. The first-order chi connectivity index (χ1) is 8.00. The summed E-state index contributed by atoms with van der Waals surface area (Å²) in [5, 5.41) is 0. The molecular weight excluding hydrogens is 210 g/mol. The number of benzene rings is 1. The second-order valence-electron chi connectivity index (χ2n) is 4.74. The Hall–Kier alpha value is -1.54. The van der Waals surface area contributed by atoms with Gasteiger partial charge in [0.25, 0.3) is 0 Å². The van der Waals surface area contributed by atoms with Gasteiger partial charge >= 0.3 is 0 Å².